The van der Waals surface area contributed by atoms with Gasteiger partial charge in [0, 0.05) is 5.56 Å². The first-order chi connectivity index (χ1) is 8.96. The summed E-state index contributed by atoms with van der Waals surface area (Å²) in [5.74, 6) is -1.58. The highest BCUT2D eigenvalue weighted by Crippen LogP contribution is 2.42. The number of H-pyrrole nitrogens is 1. The number of benzene rings is 1. The molecule has 0 atom stereocenters. The molecule has 1 aliphatic heterocycles. The molecule has 0 bridgehead atoms. The van der Waals surface area contributed by atoms with Crippen LogP contribution in [0.2, 0.25) is 0 Å². The molecule has 0 saturated carbocycles. The van der Waals surface area contributed by atoms with Gasteiger partial charge in [-0.15, -0.1) is 13.9 Å². The summed E-state index contributed by atoms with van der Waals surface area (Å²) in [7, 11) is 0. The molecule has 0 radical (unpaired) electrons. The maximum absolute atomic E-state index is 12.8. The maximum atomic E-state index is 12.8. The molecule has 3 rings (SSSR count). The van der Waals surface area contributed by atoms with Crippen molar-refractivity contribution in [3.05, 3.63) is 23.9 Å². The Kier molecular flexibility index (Phi) is 2.18. The van der Waals surface area contributed by atoms with E-state index in [1.807, 2.05) is 0 Å². The van der Waals surface area contributed by atoms with E-state index < -0.39 is 12.3 Å². The summed E-state index contributed by atoms with van der Waals surface area (Å²) in [6, 6.07) is 3.83. The minimum absolute atomic E-state index is 0.0223. The van der Waals surface area contributed by atoms with Crippen LogP contribution in [-0.4, -0.2) is 32.8 Å². The van der Waals surface area contributed by atoms with Crippen molar-refractivity contribution in [2.24, 2.45) is 0 Å². The van der Waals surface area contributed by atoms with Crippen LogP contribution in [0.5, 0.6) is 11.5 Å². The lowest BCUT2D eigenvalue weighted by Crippen LogP contribution is -2.25. The van der Waals surface area contributed by atoms with E-state index in [2.05, 4.69) is 24.9 Å². The molecule has 98 valence electrons. The number of carboxylic acid groups (broad SMARTS) is 1. The van der Waals surface area contributed by atoms with Gasteiger partial charge in [0.05, 0.1) is 0 Å². The zero-order chi connectivity index (χ0) is 13.6. The first-order valence-electron chi connectivity index (χ1n) is 5.01. The van der Waals surface area contributed by atoms with Crippen molar-refractivity contribution in [1.29, 1.82) is 0 Å². The van der Waals surface area contributed by atoms with Crippen LogP contribution in [0.25, 0.3) is 11.3 Å². The molecule has 0 spiro atoms. The van der Waals surface area contributed by atoms with Crippen LogP contribution in [0.3, 0.4) is 0 Å². The van der Waals surface area contributed by atoms with Crippen molar-refractivity contribution < 1.29 is 28.2 Å². The van der Waals surface area contributed by atoms with Crippen molar-refractivity contribution in [3.63, 3.8) is 0 Å². The Hall–Kier alpha value is -2.71. The number of carboxylic acids is 1. The molecule has 2 heterocycles. The number of ether oxygens (including phenoxy) is 2. The number of alkyl halides is 2. The number of aromatic amines is 1. The van der Waals surface area contributed by atoms with Crippen molar-refractivity contribution in [2.45, 2.75) is 6.29 Å². The third-order valence-corrected chi connectivity index (χ3v) is 2.44. The van der Waals surface area contributed by atoms with E-state index in [0.29, 0.717) is 0 Å². The van der Waals surface area contributed by atoms with E-state index >= 15 is 0 Å². The standard InChI is InChI=1S/C10H5F2N3O4/c11-10(12)18-5-2-1-4(3-6(5)19-10)7-8(9(16)17)14-15-13-7/h1-3H,(H,16,17)(H,13,14,15). The molecule has 0 amide bonds. The number of fused-ring (bicyclic) bond motifs is 1. The van der Waals surface area contributed by atoms with Crippen LogP contribution >= 0.6 is 0 Å². The van der Waals surface area contributed by atoms with E-state index in [0.717, 1.165) is 0 Å². The summed E-state index contributed by atoms with van der Waals surface area (Å²) in [5.41, 5.74) is 0.0472. The van der Waals surface area contributed by atoms with Gasteiger partial charge in [-0.3, -0.25) is 5.10 Å². The summed E-state index contributed by atoms with van der Waals surface area (Å²) in [6.07, 6.45) is -3.72. The fourth-order valence-corrected chi connectivity index (χ4v) is 1.68. The average Bonchev–Trinajstić information content (AvgIpc) is 2.89. The Morgan fingerprint density at radius 2 is 2.05 bits per heavy atom. The van der Waals surface area contributed by atoms with Crippen LogP contribution in [0.1, 0.15) is 10.5 Å². The number of hydrogen-bond acceptors (Lipinski definition) is 5. The smallest absolute Gasteiger partial charge is 0.476 e. The third kappa shape index (κ3) is 1.84. The van der Waals surface area contributed by atoms with Crippen LogP contribution in [-0.2, 0) is 0 Å². The molecule has 19 heavy (non-hydrogen) atoms. The predicted octanol–water partition coefficient (Wildman–Crippen LogP) is 1.49. The topological polar surface area (TPSA) is 97.3 Å². The molecular formula is C10H5F2N3O4. The van der Waals surface area contributed by atoms with E-state index in [4.69, 9.17) is 5.11 Å². The Labute approximate surface area is 103 Å². The minimum Gasteiger partial charge on any atom is -0.476 e. The van der Waals surface area contributed by atoms with Gasteiger partial charge in [-0.1, -0.05) is 5.21 Å². The van der Waals surface area contributed by atoms with Crippen LogP contribution < -0.4 is 9.47 Å². The van der Waals surface area contributed by atoms with Gasteiger partial charge < -0.3 is 14.6 Å². The highest BCUT2D eigenvalue weighted by atomic mass is 19.3. The second-order valence-corrected chi connectivity index (χ2v) is 3.67. The van der Waals surface area contributed by atoms with Gasteiger partial charge >= 0.3 is 12.3 Å². The van der Waals surface area contributed by atoms with Crippen LogP contribution in [0.4, 0.5) is 8.78 Å². The monoisotopic (exact) mass is 269 g/mol. The molecule has 1 aromatic carbocycles. The highest BCUT2D eigenvalue weighted by molar-refractivity contribution is 5.92. The number of hydrogen-bond donors (Lipinski definition) is 2. The lowest BCUT2D eigenvalue weighted by Gasteiger charge is -2.04. The van der Waals surface area contributed by atoms with Crippen LogP contribution in [0, 0.1) is 0 Å². The summed E-state index contributed by atoms with van der Waals surface area (Å²) in [4.78, 5) is 10.9. The Bertz CT molecular complexity index is 671. The molecule has 0 fully saturated rings. The van der Waals surface area contributed by atoms with Gasteiger partial charge in [0.1, 0.15) is 5.69 Å². The first-order valence-corrected chi connectivity index (χ1v) is 5.01. The molecule has 1 aromatic heterocycles. The molecule has 7 nitrogen and oxygen atoms in total. The first kappa shape index (κ1) is 11.4. The predicted molar refractivity (Wildman–Crippen MR) is 55.0 cm³/mol. The number of nitrogens with one attached hydrogen (secondary N) is 1. The molecular weight excluding hydrogens is 264 g/mol. The fraction of sp³-hybridized carbons (Fsp3) is 0.100. The number of aromatic nitrogens is 3. The maximum Gasteiger partial charge on any atom is 0.586 e. The largest absolute Gasteiger partial charge is 0.586 e. The van der Waals surface area contributed by atoms with E-state index in [1.165, 1.54) is 18.2 Å². The van der Waals surface area contributed by atoms with E-state index in [-0.39, 0.29) is 28.5 Å². The van der Waals surface area contributed by atoms with E-state index in [1.54, 1.807) is 0 Å². The van der Waals surface area contributed by atoms with Crippen LogP contribution in [0.15, 0.2) is 18.2 Å². The fourth-order valence-electron chi connectivity index (χ4n) is 1.68. The Balaban J connectivity index is 2.05. The van der Waals surface area contributed by atoms with Crippen molar-refractivity contribution in [2.75, 3.05) is 0 Å². The third-order valence-electron chi connectivity index (χ3n) is 2.44. The second-order valence-electron chi connectivity index (χ2n) is 3.67. The second kappa shape index (κ2) is 3.64. The minimum atomic E-state index is -3.72. The summed E-state index contributed by atoms with van der Waals surface area (Å²) >= 11 is 0. The van der Waals surface area contributed by atoms with Gasteiger partial charge in [-0.2, -0.15) is 0 Å². The van der Waals surface area contributed by atoms with Gasteiger partial charge in [-0.25, -0.2) is 4.79 Å². The molecule has 9 heteroatoms. The number of rotatable bonds is 2. The Morgan fingerprint density at radius 3 is 2.79 bits per heavy atom. The van der Waals surface area contributed by atoms with Gasteiger partial charge in [-0.05, 0) is 18.2 Å². The normalized spacial score (nSPS) is 15.5. The molecule has 2 aromatic rings. The molecule has 1 aliphatic rings. The molecule has 2 N–H and O–H groups in total. The van der Waals surface area contributed by atoms with Gasteiger partial charge in [0.25, 0.3) is 0 Å². The zero-order valence-electron chi connectivity index (χ0n) is 9.05. The van der Waals surface area contributed by atoms with Crippen molar-refractivity contribution >= 4 is 5.97 Å². The lowest BCUT2D eigenvalue weighted by atomic mass is 10.1. The van der Waals surface area contributed by atoms with E-state index in [9.17, 15) is 13.6 Å². The van der Waals surface area contributed by atoms with Gasteiger partial charge in [0.2, 0.25) is 0 Å². The molecule has 0 saturated heterocycles. The average molecular weight is 269 g/mol. The quantitative estimate of drug-likeness (QED) is 0.857. The Morgan fingerprint density at radius 1 is 1.32 bits per heavy atom. The van der Waals surface area contributed by atoms with Crippen molar-refractivity contribution in [3.8, 4) is 22.8 Å². The highest BCUT2D eigenvalue weighted by Gasteiger charge is 2.43. The van der Waals surface area contributed by atoms with Crippen molar-refractivity contribution in [1.82, 2.24) is 15.4 Å². The number of nitrogens with zero attached hydrogens (tertiary/aromatic N) is 2. The SMILES string of the molecule is O=C(O)c1[nH]nnc1-c1ccc2c(c1)OC(F)(F)O2. The van der Waals surface area contributed by atoms with Gasteiger partial charge in [0.15, 0.2) is 17.2 Å². The summed E-state index contributed by atoms with van der Waals surface area (Å²) in [5, 5.41) is 18.1. The molecule has 0 aliphatic carbocycles. The number of halogens is 2. The summed E-state index contributed by atoms with van der Waals surface area (Å²) in [6.45, 7) is 0. The zero-order valence-corrected chi connectivity index (χ0v) is 9.05. The summed E-state index contributed by atoms with van der Waals surface area (Å²) < 4.78 is 34.2. The number of carbonyl (C=O) groups is 1. The lowest BCUT2D eigenvalue weighted by molar-refractivity contribution is -0.286. The number of aromatic carboxylic acids is 1. The molecule has 0 unspecified atom stereocenters.